The Morgan fingerprint density at radius 2 is 2.32 bits per heavy atom. The first-order valence-electron chi connectivity index (χ1n) is 7.05. The largest absolute Gasteiger partial charge is 0.495 e. The first kappa shape index (κ1) is 15.5. The fraction of sp³-hybridized carbons (Fsp3) is 0.467. The minimum absolute atomic E-state index is 0.0559. The number of methoxy groups -OCH3 is 1. The molecule has 0 saturated carbocycles. The molecule has 2 fully saturated rings. The molecular weight excluding hydrogens is 324 g/mol. The summed E-state index contributed by atoms with van der Waals surface area (Å²) >= 11 is 7.74. The molecule has 2 saturated heterocycles. The molecule has 2 aliphatic heterocycles. The molecule has 0 aromatic heterocycles. The van der Waals surface area contributed by atoms with Gasteiger partial charge in [0.05, 0.1) is 17.0 Å². The van der Waals surface area contributed by atoms with Gasteiger partial charge in [0.15, 0.2) is 0 Å². The van der Waals surface area contributed by atoms with Gasteiger partial charge in [-0.25, -0.2) is 0 Å². The van der Waals surface area contributed by atoms with E-state index in [1.807, 2.05) is 6.92 Å². The van der Waals surface area contributed by atoms with Crippen LogP contribution in [0.4, 0.5) is 5.69 Å². The lowest BCUT2D eigenvalue weighted by Gasteiger charge is -2.29. The van der Waals surface area contributed by atoms with Crippen LogP contribution in [0.1, 0.15) is 19.8 Å². The number of fused-ring (bicyclic) bond motifs is 1. The highest BCUT2D eigenvalue weighted by atomic mass is 35.5. The Bertz CT molecular complexity index is 639. The van der Waals surface area contributed by atoms with E-state index in [1.165, 1.54) is 7.11 Å². The number of nitrogens with zero attached hydrogens (tertiary/aromatic N) is 1. The van der Waals surface area contributed by atoms with Gasteiger partial charge in [0.25, 0.3) is 0 Å². The maximum atomic E-state index is 12.5. The predicted octanol–water partition coefficient (Wildman–Crippen LogP) is 2.74. The third-order valence-corrected chi connectivity index (χ3v) is 5.97. The molecule has 2 aliphatic rings. The fourth-order valence-corrected chi connectivity index (χ4v) is 4.67. The Labute approximate surface area is 138 Å². The zero-order chi connectivity index (χ0) is 15.9. The summed E-state index contributed by atoms with van der Waals surface area (Å²) in [5.74, 6) is 1.06. The molecule has 0 spiro atoms. The summed E-state index contributed by atoms with van der Waals surface area (Å²) in [4.78, 5) is 26.1. The van der Waals surface area contributed by atoms with Gasteiger partial charge in [0.2, 0.25) is 11.8 Å². The summed E-state index contributed by atoms with van der Waals surface area (Å²) in [6, 6.07) is 4.65. The van der Waals surface area contributed by atoms with E-state index in [1.54, 1.807) is 34.9 Å². The highest BCUT2D eigenvalue weighted by Crippen LogP contribution is 2.47. The van der Waals surface area contributed by atoms with Crippen molar-refractivity contribution in [2.45, 2.75) is 30.7 Å². The summed E-state index contributed by atoms with van der Waals surface area (Å²) in [7, 11) is 1.54. The van der Waals surface area contributed by atoms with Crippen LogP contribution in [0.15, 0.2) is 18.2 Å². The average molecular weight is 341 g/mol. The normalized spacial score (nSPS) is 27.0. The number of carbonyl (C=O) groups is 2. The van der Waals surface area contributed by atoms with Gasteiger partial charge in [0.1, 0.15) is 11.8 Å². The fourth-order valence-electron chi connectivity index (χ4n) is 2.98. The number of hydrogen-bond acceptors (Lipinski definition) is 4. The Balaban J connectivity index is 1.75. The van der Waals surface area contributed by atoms with E-state index in [4.69, 9.17) is 16.3 Å². The van der Waals surface area contributed by atoms with Gasteiger partial charge in [-0.1, -0.05) is 11.6 Å². The van der Waals surface area contributed by atoms with Crippen molar-refractivity contribution < 1.29 is 14.3 Å². The van der Waals surface area contributed by atoms with E-state index >= 15 is 0 Å². The summed E-state index contributed by atoms with van der Waals surface area (Å²) in [6.07, 6.45) is 1.32. The van der Waals surface area contributed by atoms with Crippen LogP contribution in [0, 0.1) is 0 Å². The first-order chi connectivity index (χ1) is 10.4. The molecular formula is C15H17ClN2O3S. The molecule has 1 aromatic rings. The van der Waals surface area contributed by atoms with Crippen molar-refractivity contribution in [2.75, 3.05) is 18.2 Å². The molecule has 118 valence electrons. The monoisotopic (exact) mass is 340 g/mol. The second kappa shape index (κ2) is 5.66. The smallest absolute Gasteiger partial charge is 0.248 e. The molecule has 5 nitrogen and oxygen atoms in total. The summed E-state index contributed by atoms with van der Waals surface area (Å²) in [6.45, 7) is 2.03. The van der Waals surface area contributed by atoms with Crippen LogP contribution < -0.4 is 10.1 Å². The summed E-state index contributed by atoms with van der Waals surface area (Å²) in [5.41, 5.74) is 0.598. The molecule has 2 heterocycles. The molecule has 1 aromatic carbocycles. The third kappa shape index (κ3) is 2.54. The van der Waals surface area contributed by atoms with Crippen LogP contribution in [0.25, 0.3) is 0 Å². The number of thioether (sulfide) groups is 1. The van der Waals surface area contributed by atoms with Crippen molar-refractivity contribution in [1.82, 2.24) is 4.90 Å². The second-order valence-electron chi connectivity index (χ2n) is 5.60. The third-order valence-electron chi connectivity index (χ3n) is 4.17. The van der Waals surface area contributed by atoms with E-state index < -0.39 is 6.04 Å². The zero-order valence-electron chi connectivity index (χ0n) is 12.4. The van der Waals surface area contributed by atoms with Crippen molar-refractivity contribution in [3.8, 4) is 5.75 Å². The van der Waals surface area contributed by atoms with Crippen molar-refractivity contribution in [1.29, 1.82) is 0 Å². The number of ether oxygens (including phenoxy) is 1. The highest BCUT2D eigenvalue weighted by molar-refractivity contribution is 8.01. The van der Waals surface area contributed by atoms with Crippen LogP contribution in [-0.4, -0.2) is 40.5 Å². The maximum Gasteiger partial charge on any atom is 0.248 e. The number of amides is 2. The van der Waals surface area contributed by atoms with Crippen LogP contribution in [0.2, 0.25) is 5.02 Å². The van der Waals surface area contributed by atoms with Gasteiger partial charge in [-0.2, -0.15) is 0 Å². The molecule has 0 bridgehead atoms. The maximum absolute atomic E-state index is 12.5. The molecule has 1 N–H and O–H groups in total. The van der Waals surface area contributed by atoms with Crippen LogP contribution >= 0.6 is 23.4 Å². The number of nitrogens with one attached hydrogen (secondary N) is 1. The van der Waals surface area contributed by atoms with Gasteiger partial charge in [-0.3, -0.25) is 9.59 Å². The molecule has 3 rings (SSSR count). The summed E-state index contributed by atoms with van der Waals surface area (Å²) in [5, 5.41) is 3.27. The van der Waals surface area contributed by atoms with Crippen LogP contribution in [-0.2, 0) is 9.59 Å². The Kier molecular flexibility index (Phi) is 3.99. The van der Waals surface area contributed by atoms with Gasteiger partial charge in [0, 0.05) is 17.9 Å². The van der Waals surface area contributed by atoms with Crippen LogP contribution in [0.5, 0.6) is 5.75 Å². The lowest BCUT2D eigenvalue weighted by Crippen LogP contribution is -2.48. The molecule has 0 radical (unpaired) electrons. The van der Waals surface area contributed by atoms with Crippen molar-refractivity contribution in [3.63, 3.8) is 0 Å². The Morgan fingerprint density at radius 1 is 1.55 bits per heavy atom. The predicted molar refractivity (Wildman–Crippen MR) is 87.4 cm³/mol. The minimum atomic E-state index is -0.425. The summed E-state index contributed by atoms with van der Waals surface area (Å²) < 4.78 is 5.09. The first-order valence-corrected chi connectivity index (χ1v) is 8.41. The minimum Gasteiger partial charge on any atom is -0.495 e. The molecule has 0 unspecified atom stereocenters. The number of carbonyl (C=O) groups excluding carboxylic acids is 2. The molecule has 22 heavy (non-hydrogen) atoms. The Hall–Kier alpha value is -1.40. The van der Waals surface area contributed by atoms with Crippen molar-refractivity contribution in [3.05, 3.63) is 23.2 Å². The molecule has 2 amide bonds. The lowest BCUT2D eigenvalue weighted by atomic mass is 10.2. The van der Waals surface area contributed by atoms with Crippen LogP contribution in [0.3, 0.4) is 0 Å². The molecule has 2 atom stereocenters. The second-order valence-corrected chi connectivity index (χ2v) is 7.51. The van der Waals surface area contributed by atoms with E-state index in [0.717, 1.165) is 6.42 Å². The zero-order valence-corrected chi connectivity index (χ0v) is 14.0. The van der Waals surface area contributed by atoms with E-state index in [9.17, 15) is 9.59 Å². The quantitative estimate of drug-likeness (QED) is 0.919. The van der Waals surface area contributed by atoms with Gasteiger partial charge >= 0.3 is 0 Å². The number of benzene rings is 1. The number of halogens is 1. The van der Waals surface area contributed by atoms with Gasteiger partial charge < -0.3 is 15.0 Å². The van der Waals surface area contributed by atoms with Gasteiger partial charge in [-0.05, 0) is 31.5 Å². The number of hydrogen-bond donors (Lipinski definition) is 1. The van der Waals surface area contributed by atoms with Crippen molar-refractivity contribution in [2.24, 2.45) is 0 Å². The topological polar surface area (TPSA) is 58.6 Å². The van der Waals surface area contributed by atoms with Crippen molar-refractivity contribution >= 4 is 40.9 Å². The average Bonchev–Trinajstić information content (AvgIpc) is 2.96. The van der Waals surface area contributed by atoms with E-state index in [0.29, 0.717) is 28.6 Å². The van der Waals surface area contributed by atoms with Gasteiger partial charge in [-0.15, -0.1) is 11.8 Å². The SMILES string of the molecule is COc1ccc(NC(=O)[C@@H]2CS[C@]3(C)CCC(=O)N23)cc1Cl. The van der Waals surface area contributed by atoms with E-state index in [2.05, 4.69) is 5.32 Å². The number of rotatable bonds is 3. The van der Waals surface area contributed by atoms with E-state index in [-0.39, 0.29) is 16.7 Å². The lowest BCUT2D eigenvalue weighted by molar-refractivity contribution is -0.135. The highest BCUT2D eigenvalue weighted by Gasteiger charge is 2.52. The molecule has 7 heteroatoms. The standard InChI is InChI=1S/C15H17ClN2O3S/c1-15-6-5-13(19)18(15)11(8-22-15)14(20)17-9-3-4-12(21-2)10(16)7-9/h3-4,7,11H,5-6,8H2,1-2H3,(H,17,20)/t11-,15+/m0/s1. The Morgan fingerprint density at radius 3 is 3.00 bits per heavy atom. The molecule has 0 aliphatic carbocycles. The number of anilines is 1.